The first-order valence-electron chi connectivity index (χ1n) is 11.2. The normalized spacial score (nSPS) is 14.5. The molecule has 0 atom stereocenters. The lowest BCUT2D eigenvalue weighted by atomic mass is 9.95. The number of hydrogen-bond acceptors (Lipinski definition) is 5. The van der Waals surface area contributed by atoms with Gasteiger partial charge in [-0.2, -0.15) is 0 Å². The van der Waals surface area contributed by atoms with E-state index in [1.807, 2.05) is 75.0 Å². The fourth-order valence-corrected chi connectivity index (χ4v) is 4.33. The average Bonchev–Trinajstić information content (AvgIpc) is 3.46. The molecule has 0 bridgehead atoms. The van der Waals surface area contributed by atoms with Crippen molar-refractivity contribution in [3.8, 4) is 5.75 Å². The predicted octanol–water partition coefficient (Wildman–Crippen LogP) is 4.69. The van der Waals surface area contributed by atoms with Gasteiger partial charge in [0.25, 0.3) is 11.8 Å². The van der Waals surface area contributed by atoms with E-state index < -0.39 is 11.8 Å². The molecule has 7 heteroatoms. The maximum absolute atomic E-state index is 13.0. The fourth-order valence-electron chi connectivity index (χ4n) is 4.33. The standard InChI is InChI=1S/C27H26N2O5/c1-27(2,3)34-13-12-32-17-8-9-21-19(14-17)20(15-29(21)4)23-22(25(30)28-26(23)31)18-7-5-6-16-10-11-33-24(16)18/h5-11,14-15H,12-13H2,1-4H3,(H,28,30,31). The molecule has 34 heavy (non-hydrogen) atoms. The Hall–Kier alpha value is -3.84. The Kier molecular flexibility index (Phi) is 5.29. The highest BCUT2D eigenvalue weighted by atomic mass is 16.5. The number of para-hydroxylation sites is 1. The molecule has 174 valence electrons. The molecule has 0 radical (unpaired) electrons. The second kappa shape index (κ2) is 8.18. The number of amides is 2. The monoisotopic (exact) mass is 458 g/mol. The lowest BCUT2D eigenvalue weighted by Crippen LogP contribution is -2.22. The van der Waals surface area contributed by atoms with Crippen molar-refractivity contribution in [1.29, 1.82) is 0 Å². The Balaban J connectivity index is 1.60. The second-order valence-electron chi connectivity index (χ2n) is 9.32. The van der Waals surface area contributed by atoms with Crippen molar-refractivity contribution in [2.45, 2.75) is 26.4 Å². The number of imide groups is 1. The summed E-state index contributed by atoms with van der Waals surface area (Å²) in [5.74, 6) is -0.203. The zero-order chi connectivity index (χ0) is 24.0. The maximum Gasteiger partial charge on any atom is 0.259 e. The quantitative estimate of drug-likeness (QED) is 0.335. The van der Waals surface area contributed by atoms with Gasteiger partial charge in [0.1, 0.15) is 17.9 Å². The molecule has 0 saturated carbocycles. The number of carbonyl (C=O) groups excluding carboxylic acids is 2. The summed E-state index contributed by atoms with van der Waals surface area (Å²) in [6.45, 7) is 6.86. The van der Waals surface area contributed by atoms with Crippen LogP contribution in [0.3, 0.4) is 0 Å². The Bertz CT molecular complexity index is 1470. The van der Waals surface area contributed by atoms with E-state index in [0.29, 0.717) is 46.8 Å². The van der Waals surface area contributed by atoms with Gasteiger partial charge >= 0.3 is 0 Å². The third-order valence-corrected chi connectivity index (χ3v) is 5.80. The van der Waals surface area contributed by atoms with Crippen LogP contribution in [0.15, 0.2) is 59.3 Å². The van der Waals surface area contributed by atoms with Gasteiger partial charge in [0.15, 0.2) is 0 Å². The number of furan rings is 1. The van der Waals surface area contributed by atoms with Gasteiger partial charge in [-0.05, 0) is 45.0 Å². The molecule has 0 fully saturated rings. The molecule has 0 unspecified atom stereocenters. The Morgan fingerprint density at radius 3 is 2.50 bits per heavy atom. The zero-order valence-corrected chi connectivity index (χ0v) is 19.6. The molecule has 0 aliphatic carbocycles. The van der Waals surface area contributed by atoms with E-state index in [1.54, 1.807) is 12.3 Å². The molecule has 0 saturated heterocycles. The number of benzene rings is 2. The third-order valence-electron chi connectivity index (χ3n) is 5.80. The lowest BCUT2D eigenvalue weighted by molar-refractivity contribution is -0.122. The van der Waals surface area contributed by atoms with E-state index in [4.69, 9.17) is 13.9 Å². The molecule has 2 aromatic carbocycles. The molecule has 1 aliphatic rings. The Morgan fingerprint density at radius 1 is 0.971 bits per heavy atom. The van der Waals surface area contributed by atoms with Crippen molar-refractivity contribution in [2.75, 3.05) is 13.2 Å². The predicted molar refractivity (Wildman–Crippen MR) is 130 cm³/mol. The summed E-state index contributed by atoms with van der Waals surface area (Å²) in [7, 11) is 1.91. The van der Waals surface area contributed by atoms with Gasteiger partial charge in [-0.3, -0.25) is 14.9 Å². The third kappa shape index (κ3) is 3.88. The van der Waals surface area contributed by atoms with Crippen LogP contribution < -0.4 is 10.1 Å². The van der Waals surface area contributed by atoms with Gasteiger partial charge in [0, 0.05) is 40.7 Å². The fraction of sp³-hybridized carbons (Fsp3) is 0.259. The van der Waals surface area contributed by atoms with Crippen molar-refractivity contribution in [3.05, 3.63) is 66.1 Å². The van der Waals surface area contributed by atoms with Crippen LogP contribution in [-0.2, 0) is 21.4 Å². The van der Waals surface area contributed by atoms with Crippen molar-refractivity contribution >= 4 is 44.8 Å². The van der Waals surface area contributed by atoms with Crippen molar-refractivity contribution < 1.29 is 23.5 Å². The SMILES string of the molecule is Cn1cc(C2=C(c3cccc4ccoc34)C(=O)NC2=O)c2cc(OCCOC(C)(C)C)ccc21. The molecular formula is C27H26N2O5. The minimum absolute atomic E-state index is 0.234. The molecule has 5 rings (SSSR count). The molecule has 4 aromatic rings. The average molecular weight is 459 g/mol. The van der Waals surface area contributed by atoms with Gasteiger partial charge in [-0.15, -0.1) is 0 Å². The van der Waals surface area contributed by atoms with Gasteiger partial charge < -0.3 is 18.5 Å². The first kappa shape index (κ1) is 22.0. The van der Waals surface area contributed by atoms with E-state index in [9.17, 15) is 9.59 Å². The van der Waals surface area contributed by atoms with Gasteiger partial charge in [-0.25, -0.2) is 0 Å². The highest BCUT2D eigenvalue weighted by molar-refractivity contribution is 6.50. The van der Waals surface area contributed by atoms with Crippen LogP contribution in [0.2, 0.25) is 0 Å². The molecule has 3 heterocycles. The Morgan fingerprint density at radius 2 is 1.74 bits per heavy atom. The number of aromatic nitrogens is 1. The summed E-state index contributed by atoms with van der Waals surface area (Å²) < 4.78 is 19.2. The maximum atomic E-state index is 13.0. The molecule has 2 amide bonds. The Labute approximate surface area is 196 Å². The molecular weight excluding hydrogens is 432 g/mol. The summed E-state index contributed by atoms with van der Waals surface area (Å²) in [5, 5.41) is 4.15. The lowest BCUT2D eigenvalue weighted by Gasteiger charge is -2.19. The van der Waals surface area contributed by atoms with Crippen LogP contribution in [0.5, 0.6) is 5.75 Å². The van der Waals surface area contributed by atoms with E-state index >= 15 is 0 Å². The van der Waals surface area contributed by atoms with E-state index in [2.05, 4.69) is 5.32 Å². The van der Waals surface area contributed by atoms with Gasteiger partial charge in [0.05, 0.1) is 29.6 Å². The molecule has 0 spiro atoms. The van der Waals surface area contributed by atoms with Crippen LogP contribution in [0.4, 0.5) is 0 Å². The number of carbonyl (C=O) groups is 2. The zero-order valence-electron chi connectivity index (χ0n) is 19.6. The van der Waals surface area contributed by atoms with Crippen molar-refractivity contribution in [2.24, 2.45) is 7.05 Å². The number of hydrogen-bond donors (Lipinski definition) is 1. The summed E-state index contributed by atoms with van der Waals surface area (Å²) in [6, 6.07) is 13.1. The number of aryl methyl sites for hydroxylation is 1. The number of nitrogens with one attached hydrogen (secondary N) is 1. The molecule has 2 aromatic heterocycles. The van der Waals surface area contributed by atoms with Crippen molar-refractivity contribution in [3.63, 3.8) is 0 Å². The van der Waals surface area contributed by atoms with Crippen LogP contribution in [-0.4, -0.2) is 35.2 Å². The largest absolute Gasteiger partial charge is 0.491 e. The summed E-state index contributed by atoms with van der Waals surface area (Å²) in [5.41, 5.74) is 3.14. The second-order valence-corrected chi connectivity index (χ2v) is 9.32. The molecule has 1 N–H and O–H groups in total. The van der Waals surface area contributed by atoms with Crippen LogP contribution in [0.1, 0.15) is 31.9 Å². The van der Waals surface area contributed by atoms with Crippen molar-refractivity contribution in [1.82, 2.24) is 9.88 Å². The van der Waals surface area contributed by atoms with E-state index in [-0.39, 0.29) is 5.60 Å². The van der Waals surface area contributed by atoms with E-state index in [0.717, 1.165) is 16.3 Å². The molecule has 1 aliphatic heterocycles. The first-order valence-corrected chi connectivity index (χ1v) is 11.2. The number of rotatable bonds is 6. The highest BCUT2D eigenvalue weighted by Gasteiger charge is 2.35. The van der Waals surface area contributed by atoms with Crippen LogP contribution >= 0.6 is 0 Å². The minimum Gasteiger partial charge on any atom is -0.491 e. The summed E-state index contributed by atoms with van der Waals surface area (Å²) in [6.07, 6.45) is 3.45. The van der Waals surface area contributed by atoms with E-state index in [1.165, 1.54) is 0 Å². The van der Waals surface area contributed by atoms with Crippen LogP contribution in [0.25, 0.3) is 33.0 Å². The van der Waals surface area contributed by atoms with Gasteiger partial charge in [-0.1, -0.05) is 18.2 Å². The number of fused-ring (bicyclic) bond motifs is 2. The topological polar surface area (TPSA) is 82.7 Å². The number of ether oxygens (including phenoxy) is 2. The number of nitrogens with zero attached hydrogens (tertiary/aromatic N) is 1. The molecule has 7 nitrogen and oxygen atoms in total. The highest BCUT2D eigenvalue weighted by Crippen LogP contribution is 2.39. The smallest absolute Gasteiger partial charge is 0.259 e. The first-order chi connectivity index (χ1) is 16.2. The minimum atomic E-state index is -0.437. The summed E-state index contributed by atoms with van der Waals surface area (Å²) in [4.78, 5) is 25.9. The van der Waals surface area contributed by atoms with Gasteiger partial charge in [0.2, 0.25) is 0 Å². The van der Waals surface area contributed by atoms with Crippen LogP contribution in [0, 0.1) is 0 Å². The summed E-state index contributed by atoms with van der Waals surface area (Å²) >= 11 is 0.